The first kappa shape index (κ1) is 24.9. The van der Waals surface area contributed by atoms with Crippen LogP contribution >= 0.6 is 0 Å². The van der Waals surface area contributed by atoms with Crippen molar-refractivity contribution in [2.75, 3.05) is 46.6 Å². The molecule has 0 aliphatic carbocycles. The SMILES string of the molecule is C=CCOc1nc(OCC=C)nc(OCC2CN(C(=O)c3cc(OC)c4ccccc4n3)CCO2)n1. The van der Waals surface area contributed by atoms with Crippen molar-refractivity contribution in [3.8, 4) is 23.8 Å². The van der Waals surface area contributed by atoms with E-state index in [-0.39, 0.29) is 43.8 Å². The van der Waals surface area contributed by atoms with Gasteiger partial charge in [0.1, 0.15) is 37.4 Å². The highest BCUT2D eigenvalue weighted by atomic mass is 16.6. The molecular weight excluding hydrogens is 466 g/mol. The Bertz CT molecular complexity index is 1210. The molecule has 3 heterocycles. The molecule has 1 aliphatic heterocycles. The van der Waals surface area contributed by atoms with Gasteiger partial charge in [0.25, 0.3) is 5.91 Å². The summed E-state index contributed by atoms with van der Waals surface area (Å²) in [7, 11) is 1.57. The lowest BCUT2D eigenvalue weighted by atomic mass is 10.1. The van der Waals surface area contributed by atoms with Crippen molar-refractivity contribution in [3.05, 3.63) is 61.3 Å². The maximum absolute atomic E-state index is 13.3. The van der Waals surface area contributed by atoms with Crippen LogP contribution in [0.25, 0.3) is 10.9 Å². The zero-order valence-electron chi connectivity index (χ0n) is 20.0. The Labute approximate surface area is 208 Å². The van der Waals surface area contributed by atoms with E-state index in [4.69, 9.17) is 23.7 Å². The second-order valence-corrected chi connectivity index (χ2v) is 7.66. The normalized spacial score (nSPS) is 15.2. The van der Waals surface area contributed by atoms with Crippen molar-refractivity contribution < 1.29 is 28.5 Å². The second kappa shape index (κ2) is 11.9. The largest absolute Gasteiger partial charge is 0.496 e. The van der Waals surface area contributed by atoms with E-state index in [0.717, 1.165) is 5.39 Å². The number of ether oxygens (including phenoxy) is 5. The van der Waals surface area contributed by atoms with Gasteiger partial charge >= 0.3 is 18.0 Å². The van der Waals surface area contributed by atoms with Crippen molar-refractivity contribution in [3.63, 3.8) is 0 Å². The molecule has 36 heavy (non-hydrogen) atoms. The summed E-state index contributed by atoms with van der Waals surface area (Å²) >= 11 is 0. The molecule has 0 saturated carbocycles. The molecule has 3 aromatic rings. The van der Waals surface area contributed by atoms with Crippen LogP contribution in [0.1, 0.15) is 10.5 Å². The lowest BCUT2D eigenvalue weighted by Gasteiger charge is -2.32. The zero-order valence-corrected chi connectivity index (χ0v) is 20.0. The Kier molecular flexibility index (Phi) is 8.24. The molecule has 11 nitrogen and oxygen atoms in total. The minimum absolute atomic E-state index is 0.0103. The molecule has 11 heteroatoms. The van der Waals surface area contributed by atoms with E-state index in [9.17, 15) is 4.79 Å². The number of aromatic nitrogens is 4. The van der Waals surface area contributed by atoms with E-state index in [1.54, 1.807) is 30.2 Å². The van der Waals surface area contributed by atoms with Crippen LogP contribution in [0.2, 0.25) is 0 Å². The third kappa shape index (κ3) is 6.05. The number of carbonyl (C=O) groups is 1. The molecule has 1 atom stereocenters. The number of rotatable bonds is 11. The molecule has 0 spiro atoms. The quantitative estimate of drug-likeness (QED) is 0.369. The molecule has 188 valence electrons. The average Bonchev–Trinajstić information content (AvgIpc) is 2.93. The Morgan fingerprint density at radius 2 is 1.72 bits per heavy atom. The number of fused-ring (bicyclic) bond motifs is 1. The van der Waals surface area contributed by atoms with Crippen molar-refractivity contribution in [1.29, 1.82) is 0 Å². The van der Waals surface area contributed by atoms with E-state index in [2.05, 4.69) is 33.1 Å². The minimum Gasteiger partial charge on any atom is -0.496 e. The smallest absolute Gasteiger partial charge is 0.326 e. The number of methoxy groups -OCH3 is 1. The van der Waals surface area contributed by atoms with Gasteiger partial charge in [0.15, 0.2) is 0 Å². The molecule has 1 saturated heterocycles. The molecule has 0 N–H and O–H groups in total. The summed E-state index contributed by atoms with van der Waals surface area (Å²) in [5.41, 5.74) is 0.990. The van der Waals surface area contributed by atoms with Gasteiger partial charge in [-0.3, -0.25) is 4.79 Å². The topological polar surface area (TPSA) is 118 Å². The van der Waals surface area contributed by atoms with Crippen molar-refractivity contribution in [1.82, 2.24) is 24.8 Å². The number of hydrogen-bond acceptors (Lipinski definition) is 10. The monoisotopic (exact) mass is 493 g/mol. The van der Waals surface area contributed by atoms with Crippen LogP contribution in [-0.2, 0) is 4.74 Å². The summed E-state index contributed by atoms with van der Waals surface area (Å²) in [4.78, 5) is 31.8. The molecule has 4 rings (SSSR count). The lowest BCUT2D eigenvalue weighted by Crippen LogP contribution is -2.47. The third-order valence-electron chi connectivity index (χ3n) is 5.18. The van der Waals surface area contributed by atoms with E-state index in [1.165, 1.54) is 0 Å². The van der Waals surface area contributed by atoms with Gasteiger partial charge in [-0.2, -0.15) is 0 Å². The van der Waals surface area contributed by atoms with Crippen LogP contribution in [0.5, 0.6) is 23.8 Å². The molecular formula is C25H27N5O6. The molecule has 1 aliphatic rings. The third-order valence-corrected chi connectivity index (χ3v) is 5.18. The van der Waals surface area contributed by atoms with Gasteiger partial charge in [-0.15, -0.1) is 15.0 Å². The van der Waals surface area contributed by atoms with E-state index >= 15 is 0 Å². The first-order chi connectivity index (χ1) is 17.6. The maximum atomic E-state index is 13.3. The van der Waals surface area contributed by atoms with E-state index < -0.39 is 6.10 Å². The van der Waals surface area contributed by atoms with Gasteiger partial charge in [0.2, 0.25) is 0 Å². The molecule has 0 bridgehead atoms. The highest BCUT2D eigenvalue weighted by Gasteiger charge is 2.27. The van der Waals surface area contributed by atoms with Crippen molar-refractivity contribution >= 4 is 16.8 Å². The molecule has 1 unspecified atom stereocenters. The van der Waals surface area contributed by atoms with Crippen LogP contribution in [0.15, 0.2) is 55.6 Å². The van der Waals surface area contributed by atoms with Crippen molar-refractivity contribution in [2.45, 2.75) is 6.10 Å². The van der Waals surface area contributed by atoms with Gasteiger partial charge < -0.3 is 28.6 Å². The molecule has 1 fully saturated rings. The number of amides is 1. The Balaban J connectivity index is 1.43. The number of pyridine rings is 1. The van der Waals surface area contributed by atoms with Gasteiger partial charge in [-0.25, -0.2) is 4.98 Å². The minimum atomic E-state index is -0.406. The molecule has 2 aromatic heterocycles. The van der Waals surface area contributed by atoms with Gasteiger partial charge in [-0.05, 0) is 12.1 Å². The van der Waals surface area contributed by atoms with E-state index in [1.807, 2.05) is 24.3 Å². The maximum Gasteiger partial charge on any atom is 0.326 e. The number of hydrogen-bond donors (Lipinski definition) is 0. The van der Waals surface area contributed by atoms with Gasteiger partial charge in [0, 0.05) is 18.0 Å². The first-order valence-electron chi connectivity index (χ1n) is 11.3. The summed E-state index contributed by atoms with van der Waals surface area (Å²) in [5, 5.41) is 0.843. The molecule has 1 amide bonds. The second-order valence-electron chi connectivity index (χ2n) is 7.66. The predicted molar refractivity (Wildman–Crippen MR) is 131 cm³/mol. The number of nitrogens with zero attached hydrogens (tertiary/aromatic N) is 5. The zero-order chi connectivity index (χ0) is 25.3. The summed E-state index contributed by atoms with van der Waals surface area (Å²) in [6.07, 6.45) is 2.73. The van der Waals surface area contributed by atoms with Crippen LogP contribution in [0, 0.1) is 0 Å². The Morgan fingerprint density at radius 1 is 1.06 bits per heavy atom. The van der Waals surface area contributed by atoms with Crippen LogP contribution in [-0.4, -0.2) is 83.5 Å². The van der Waals surface area contributed by atoms with Crippen LogP contribution < -0.4 is 18.9 Å². The fourth-order valence-electron chi connectivity index (χ4n) is 3.54. The van der Waals surface area contributed by atoms with Crippen molar-refractivity contribution in [2.24, 2.45) is 0 Å². The number of para-hydroxylation sites is 1. The summed E-state index contributed by atoms with van der Waals surface area (Å²) in [6, 6.07) is 9.26. The van der Waals surface area contributed by atoms with Gasteiger partial charge in [0.05, 0.1) is 25.8 Å². The van der Waals surface area contributed by atoms with Crippen LogP contribution in [0.3, 0.4) is 0 Å². The number of morpholine rings is 1. The Hall–Kier alpha value is -4.25. The highest BCUT2D eigenvalue weighted by molar-refractivity contribution is 5.97. The number of carbonyl (C=O) groups excluding carboxylic acids is 1. The summed E-state index contributed by atoms with van der Waals surface area (Å²) < 4.78 is 27.8. The Morgan fingerprint density at radius 3 is 2.39 bits per heavy atom. The highest BCUT2D eigenvalue weighted by Crippen LogP contribution is 2.26. The van der Waals surface area contributed by atoms with Crippen LogP contribution in [0.4, 0.5) is 0 Å². The lowest BCUT2D eigenvalue weighted by molar-refractivity contribution is -0.0417. The fourth-order valence-corrected chi connectivity index (χ4v) is 3.54. The molecule has 0 radical (unpaired) electrons. The summed E-state index contributed by atoms with van der Waals surface area (Å²) in [6.45, 7) is 8.81. The number of benzene rings is 1. The predicted octanol–water partition coefficient (Wildman–Crippen LogP) is 2.48. The van der Waals surface area contributed by atoms with Gasteiger partial charge in [-0.1, -0.05) is 37.4 Å². The fraction of sp³-hybridized carbons (Fsp3) is 0.320. The van der Waals surface area contributed by atoms with E-state index in [0.29, 0.717) is 36.7 Å². The first-order valence-corrected chi connectivity index (χ1v) is 11.3. The standard InChI is InChI=1S/C25H27N5O6/c1-4-11-34-23-27-24(35-12-5-2)29-25(28-23)36-16-17-15-30(10-13-33-17)22(31)20-14-21(32-3)18-8-6-7-9-19(18)26-20/h4-9,14,17H,1-2,10-13,15-16H2,3H3. The molecule has 1 aromatic carbocycles. The average molecular weight is 494 g/mol. The summed E-state index contributed by atoms with van der Waals surface area (Å²) in [5.74, 6) is 0.378.